The molecule has 27 heavy (non-hydrogen) atoms. The standard InChI is InChI=1S/C18H16Cl3FN4O/c19-13-5-10(1-2-16(13)22)24-18(27)26-9-12-6-11(26)3-4-25(12)17-14(20)7-23-8-15(17)21/h1-2,5,7-8,11-12H,3-4,6,9H2,(H,24,27). The first-order chi connectivity index (χ1) is 12.9. The topological polar surface area (TPSA) is 48.5 Å². The highest BCUT2D eigenvalue weighted by molar-refractivity contribution is 6.39. The molecule has 1 aromatic heterocycles. The summed E-state index contributed by atoms with van der Waals surface area (Å²) in [5.41, 5.74) is 1.23. The molecule has 2 saturated heterocycles. The van der Waals surface area contributed by atoms with E-state index in [-0.39, 0.29) is 23.1 Å². The molecule has 2 aliphatic rings. The molecule has 4 rings (SSSR count). The molecule has 3 heterocycles. The minimum absolute atomic E-state index is 0.0267. The first kappa shape index (κ1) is 18.6. The summed E-state index contributed by atoms with van der Waals surface area (Å²) in [4.78, 5) is 20.7. The van der Waals surface area contributed by atoms with Gasteiger partial charge in [0.15, 0.2) is 0 Å². The van der Waals surface area contributed by atoms with Crippen LogP contribution in [0.3, 0.4) is 0 Å². The van der Waals surface area contributed by atoms with Crippen molar-refractivity contribution in [3.63, 3.8) is 0 Å². The van der Waals surface area contributed by atoms with Crippen molar-refractivity contribution in [3.05, 3.63) is 51.5 Å². The Morgan fingerprint density at radius 2 is 1.89 bits per heavy atom. The number of benzene rings is 1. The van der Waals surface area contributed by atoms with Gasteiger partial charge in [-0.3, -0.25) is 4.98 Å². The quantitative estimate of drug-likeness (QED) is 0.725. The first-order valence-corrected chi connectivity index (χ1v) is 9.65. The molecule has 0 spiro atoms. The molecular formula is C18H16Cl3FN4O. The van der Waals surface area contributed by atoms with Gasteiger partial charge in [-0.25, -0.2) is 9.18 Å². The van der Waals surface area contributed by atoms with Gasteiger partial charge in [-0.15, -0.1) is 0 Å². The van der Waals surface area contributed by atoms with Crippen LogP contribution in [0.25, 0.3) is 0 Å². The van der Waals surface area contributed by atoms with Crippen LogP contribution >= 0.6 is 34.8 Å². The third-order valence-corrected chi connectivity index (χ3v) is 5.93. The molecule has 0 saturated carbocycles. The van der Waals surface area contributed by atoms with E-state index in [0.717, 1.165) is 25.1 Å². The molecule has 9 heteroatoms. The van der Waals surface area contributed by atoms with Crippen LogP contribution < -0.4 is 10.2 Å². The summed E-state index contributed by atoms with van der Waals surface area (Å²) in [7, 11) is 0. The maximum Gasteiger partial charge on any atom is 0.322 e. The summed E-state index contributed by atoms with van der Waals surface area (Å²) >= 11 is 18.4. The lowest BCUT2D eigenvalue weighted by molar-refractivity contribution is 0.206. The van der Waals surface area contributed by atoms with Gasteiger partial charge in [0.05, 0.1) is 20.8 Å². The Balaban J connectivity index is 1.50. The number of nitrogens with zero attached hydrogens (tertiary/aromatic N) is 3. The molecule has 2 aromatic rings. The molecule has 0 aliphatic carbocycles. The number of amides is 2. The molecule has 1 N–H and O–H groups in total. The van der Waals surface area contributed by atoms with Gasteiger partial charge in [-0.2, -0.15) is 0 Å². The van der Waals surface area contributed by atoms with Crippen LogP contribution in [0.5, 0.6) is 0 Å². The van der Waals surface area contributed by atoms with Crippen molar-refractivity contribution in [1.82, 2.24) is 9.88 Å². The number of hydrogen-bond donors (Lipinski definition) is 1. The maximum absolute atomic E-state index is 13.3. The highest BCUT2D eigenvalue weighted by atomic mass is 35.5. The number of aromatic nitrogens is 1. The van der Waals surface area contributed by atoms with E-state index in [1.807, 2.05) is 4.90 Å². The number of urea groups is 1. The molecule has 2 atom stereocenters. The van der Waals surface area contributed by atoms with Crippen molar-refractivity contribution < 1.29 is 9.18 Å². The second kappa shape index (κ2) is 7.34. The fourth-order valence-corrected chi connectivity index (χ4v) is 4.62. The zero-order valence-electron chi connectivity index (χ0n) is 14.1. The van der Waals surface area contributed by atoms with E-state index in [1.54, 1.807) is 12.4 Å². The van der Waals surface area contributed by atoms with Gasteiger partial charge in [-0.1, -0.05) is 34.8 Å². The molecule has 142 valence electrons. The summed E-state index contributed by atoms with van der Waals surface area (Å²) in [5.74, 6) is -0.520. The van der Waals surface area contributed by atoms with Crippen LogP contribution in [0.15, 0.2) is 30.6 Å². The Labute approximate surface area is 171 Å². The Bertz CT molecular complexity index is 877. The number of carbonyl (C=O) groups is 1. The van der Waals surface area contributed by atoms with E-state index < -0.39 is 5.82 Å². The van der Waals surface area contributed by atoms with Crippen molar-refractivity contribution in [3.8, 4) is 0 Å². The molecule has 0 radical (unpaired) electrons. The second-order valence-electron chi connectivity index (χ2n) is 6.69. The Morgan fingerprint density at radius 3 is 2.59 bits per heavy atom. The number of halogens is 4. The van der Waals surface area contributed by atoms with Gasteiger partial charge in [0.2, 0.25) is 0 Å². The zero-order valence-corrected chi connectivity index (χ0v) is 16.4. The number of anilines is 2. The summed E-state index contributed by atoms with van der Waals surface area (Å²) in [6.45, 7) is 1.31. The van der Waals surface area contributed by atoms with Gasteiger partial charge in [0, 0.05) is 43.3 Å². The molecule has 2 amide bonds. The van der Waals surface area contributed by atoms with Gasteiger partial charge < -0.3 is 15.1 Å². The number of nitrogens with one attached hydrogen (secondary N) is 1. The number of pyridine rings is 1. The summed E-state index contributed by atoms with van der Waals surface area (Å²) in [6.07, 6.45) is 4.80. The van der Waals surface area contributed by atoms with Crippen LogP contribution in [0.4, 0.5) is 20.6 Å². The number of likely N-dealkylation sites (tertiary alicyclic amines) is 1. The van der Waals surface area contributed by atoms with Gasteiger partial charge >= 0.3 is 6.03 Å². The van der Waals surface area contributed by atoms with E-state index in [2.05, 4.69) is 15.2 Å². The normalized spacial score (nSPS) is 21.5. The molecule has 2 fully saturated rings. The average Bonchev–Trinajstić information content (AvgIpc) is 2.97. The Morgan fingerprint density at radius 1 is 1.15 bits per heavy atom. The smallest absolute Gasteiger partial charge is 0.322 e. The first-order valence-electron chi connectivity index (χ1n) is 8.52. The lowest BCUT2D eigenvalue weighted by Gasteiger charge is -2.35. The molecule has 1 aromatic carbocycles. The third-order valence-electron chi connectivity index (χ3n) is 5.08. The minimum atomic E-state index is -0.520. The fourth-order valence-electron chi connectivity index (χ4n) is 3.85. The third kappa shape index (κ3) is 3.53. The monoisotopic (exact) mass is 428 g/mol. The number of rotatable bonds is 2. The lowest BCUT2D eigenvalue weighted by atomic mass is 10.0. The van der Waals surface area contributed by atoms with E-state index >= 15 is 0 Å². The molecule has 2 bridgehead atoms. The van der Waals surface area contributed by atoms with Crippen molar-refractivity contribution in [2.75, 3.05) is 23.3 Å². The number of carbonyl (C=O) groups excluding carboxylic acids is 1. The predicted octanol–water partition coefficient (Wildman–Crippen LogP) is 5.07. The zero-order chi connectivity index (χ0) is 19.1. The SMILES string of the molecule is O=C(Nc1ccc(F)c(Cl)c1)N1CC2CC1CCN2c1c(Cl)cncc1Cl. The summed E-state index contributed by atoms with van der Waals surface area (Å²) < 4.78 is 13.3. The van der Waals surface area contributed by atoms with Crippen molar-refractivity contribution >= 4 is 52.2 Å². The molecule has 2 unspecified atom stereocenters. The number of piperidine rings is 1. The molecule has 2 aliphatic heterocycles. The second-order valence-corrected chi connectivity index (χ2v) is 7.91. The molecular weight excluding hydrogens is 414 g/mol. The fraction of sp³-hybridized carbons (Fsp3) is 0.333. The largest absolute Gasteiger partial charge is 0.364 e. The van der Waals surface area contributed by atoms with Crippen molar-refractivity contribution in [2.24, 2.45) is 0 Å². The van der Waals surface area contributed by atoms with Gasteiger partial charge in [-0.05, 0) is 31.0 Å². The average molecular weight is 430 g/mol. The number of hydrogen-bond acceptors (Lipinski definition) is 3. The van der Waals surface area contributed by atoms with Crippen molar-refractivity contribution in [1.29, 1.82) is 0 Å². The lowest BCUT2D eigenvalue weighted by Crippen LogP contribution is -2.41. The van der Waals surface area contributed by atoms with Crippen LogP contribution in [0.1, 0.15) is 12.8 Å². The maximum atomic E-state index is 13.3. The number of fused-ring (bicyclic) bond motifs is 2. The van der Waals surface area contributed by atoms with Crippen molar-refractivity contribution in [2.45, 2.75) is 24.9 Å². The molecule has 5 nitrogen and oxygen atoms in total. The summed E-state index contributed by atoms with van der Waals surface area (Å²) in [5, 5.41) is 3.78. The van der Waals surface area contributed by atoms with Gasteiger partial charge in [0.25, 0.3) is 0 Å². The van der Waals surface area contributed by atoms with E-state index in [4.69, 9.17) is 34.8 Å². The van der Waals surface area contributed by atoms with E-state index in [0.29, 0.717) is 22.3 Å². The Kier molecular flexibility index (Phi) is 5.05. The van der Waals surface area contributed by atoms with E-state index in [9.17, 15) is 9.18 Å². The van der Waals surface area contributed by atoms with Gasteiger partial charge in [0.1, 0.15) is 5.82 Å². The minimum Gasteiger partial charge on any atom is -0.364 e. The highest BCUT2D eigenvalue weighted by Crippen LogP contribution is 2.40. The Hall–Kier alpha value is -1.76. The van der Waals surface area contributed by atoms with Crippen LogP contribution in [-0.2, 0) is 0 Å². The van der Waals surface area contributed by atoms with Crippen LogP contribution in [-0.4, -0.2) is 41.1 Å². The van der Waals surface area contributed by atoms with Crippen LogP contribution in [0, 0.1) is 5.82 Å². The highest BCUT2D eigenvalue weighted by Gasteiger charge is 2.42. The summed E-state index contributed by atoms with van der Waals surface area (Å²) in [6, 6.07) is 4.17. The van der Waals surface area contributed by atoms with E-state index in [1.165, 1.54) is 18.2 Å². The van der Waals surface area contributed by atoms with Crippen LogP contribution in [0.2, 0.25) is 15.1 Å². The predicted molar refractivity (Wildman–Crippen MR) is 106 cm³/mol.